The zero-order valence-electron chi connectivity index (χ0n) is 12.8. The molecule has 2 heteroatoms. The van der Waals surface area contributed by atoms with Crippen LogP contribution in [0.15, 0.2) is 18.2 Å². The molecule has 1 heterocycles. The third-order valence-electron chi connectivity index (χ3n) is 4.69. The molecule has 106 valence electrons. The average Bonchev–Trinajstić information content (AvgIpc) is 2.35. The highest BCUT2D eigenvalue weighted by Gasteiger charge is 2.30. The van der Waals surface area contributed by atoms with Crippen LogP contribution in [0.5, 0.6) is 0 Å². The summed E-state index contributed by atoms with van der Waals surface area (Å²) < 4.78 is 0. The molecule has 1 aliphatic rings. The van der Waals surface area contributed by atoms with Gasteiger partial charge in [-0.2, -0.15) is 0 Å². The summed E-state index contributed by atoms with van der Waals surface area (Å²) in [5.74, 6) is 0.850. The van der Waals surface area contributed by atoms with E-state index in [1.165, 1.54) is 36.1 Å². The number of piperidine rings is 1. The molecule has 1 aromatic rings. The van der Waals surface area contributed by atoms with E-state index in [2.05, 4.69) is 50.8 Å². The van der Waals surface area contributed by atoms with Crippen molar-refractivity contribution in [3.05, 3.63) is 34.9 Å². The Kier molecular flexibility index (Phi) is 4.64. The summed E-state index contributed by atoms with van der Waals surface area (Å²) in [5.41, 5.74) is 10.3. The van der Waals surface area contributed by atoms with Gasteiger partial charge in [-0.3, -0.25) is 4.90 Å². The quantitative estimate of drug-likeness (QED) is 0.902. The predicted octanol–water partition coefficient (Wildman–Crippen LogP) is 3.42. The van der Waals surface area contributed by atoms with Crippen molar-refractivity contribution in [2.75, 3.05) is 13.1 Å². The maximum absolute atomic E-state index is 6.13. The molecule has 0 amide bonds. The van der Waals surface area contributed by atoms with Crippen LogP contribution < -0.4 is 5.73 Å². The number of rotatable bonds is 3. The van der Waals surface area contributed by atoms with Crippen molar-refractivity contribution >= 4 is 0 Å². The molecule has 1 saturated heterocycles. The number of hydrogen-bond donors (Lipinski definition) is 1. The standard InChI is InChI=1S/C17H28N2/c1-12-8-9-19(15(4)10-12)16(11-18)17-13(2)6-5-7-14(17)3/h5-7,12,15-16H,8-11,18H2,1-4H3. The molecule has 0 aromatic heterocycles. The van der Waals surface area contributed by atoms with Gasteiger partial charge in [-0.05, 0) is 62.8 Å². The van der Waals surface area contributed by atoms with Crippen LogP contribution in [0.4, 0.5) is 0 Å². The van der Waals surface area contributed by atoms with Gasteiger partial charge in [0.25, 0.3) is 0 Å². The van der Waals surface area contributed by atoms with E-state index < -0.39 is 0 Å². The van der Waals surface area contributed by atoms with Gasteiger partial charge in [-0.25, -0.2) is 0 Å². The molecule has 1 fully saturated rings. The highest BCUT2D eigenvalue weighted by molar-refractivity contribution is 5.36. The lowest BCUT2D eigenvalue weighted by atomic mass is 9.88. The van der Waals surface area contributed by atoms with Crippen molar-refractivity contribution < 1.29 is 0 Å². The molecule has 0 aliphatic carbocycles. The van der Waals surface area contributed by atoms with Crippen LogP contribution in [-0.2, 0) is 0 Å². The third-order valence-corrected chi connectivity index (χ3v) is 4.69. The molecule has 2 nitrogen and oxygen atoms in total. The molecular weight excluding hydrogens is 232 g/mol. The first-order valence-corrected chi connectivity index (χ1v) is 7.56. The molecule has 2 rings (SSSR count). The Bertz CT molecular complexity index is 407. The van der Waals surface area contributed by atoms with Gasteiger partial charge in [0.1, 0.15) is 0 Å². The first-order valence-electron chi connectivity index (χ1n) is 7.56. The van der Waals surface area contributed by atoms with Crippen molar-refractivity contribution in [2.24, 2.45) is 11.7 Å². The summed E-state index contributed by atoms with van der Waals surface area (Å²) in [6.07, 6.45) is 2.59. The minimum absolute atomic E-state index is 0.378. The lowest BCUT2D eigenvalue weighted by molar-refractivity contribution is 0.0842. The van der Waals surface area contributed by atoms with Crippen molar-refractivity contribution in [2.45, 2.75) is 52.6 Å². The second kappa shape index (κ2) is 6.06. The third kappa shape index (κ3) is 3.01. The molecular formula is C17H28N2. The van der Waals surface area contributed by atoms with E-state index >= 15 is 0 Å². The summed E-state index contributed by atoms with van der Waals surface area (Å²) in [6, 6.07) is 7.58. The maximum Gasteiger partial charge on any atom is 0.0478 e. The zero-order chi connectivity index (χ0) is 14.0. The van der Waals surface area contributed by atoms with Crippen LogP contribution in [0.3, 0.4) is 0 Å². The first-order chi connectivity index (χ1) is 9.04. The monoisotopic (exact) mass is 260 g/mol. The maximum atomic E-state index is 6.13. The van der Waals surface area contributed by atoms with Crippen LogP contribution in [0.2, 0.25) is 0 Å². The molecule has 0 spiro atoms. The summed E-state index contributed by atoms with van der Waals surface area (Å²) in [6.45, 7) is 11.0. The van der Waals surface area contributed by atoms with Crippen molar-refractivity contribution in [3.8, 4) is 0 Å². The summed E-state index contributed by atoms with van der Waals surface area (Å²) in [5, 5.41) is 0. The molecule has 0 bridgehead atoms. The Balaban J connectivity index is 2.29. The molecule has 2 N–H and O–H groups in total. The lowest BCUT2D eigenvalue weighted by Gasteiger charge is -2.42. The molecule has 0 radical (unpaired) electrons. The van der Waals surface area contributed by atoms with Crippen LogP contribution in [0.1, 0.15) is 49.4 Å². The Hall–Kier alpha value is -0.860. The zero-order valence-corrected chi connectivity index (χ0v) is 12.8. The van der Waals surface area contributed by atoms with Crippen LogP contribution in [-0.4, -0.2) is 24.0 Å². The Labute approximate surface area is 118 Å². The van der Waals surface area contributed by atoms with Gasteiger partial charge in [0.2, 0.25) is 0 Å². The number of likely N-dealkylation sites (tertiary alicyclic amines) is 1. The van der Waals surface area contributed by atoms with Gasteiger partial charge in [0.15, 0.2) is 0 Å². The largest absolute Gasteiger partial charge is 0.329 e. The van der Waals surface area contributed by atoms with Gasteiger partial charge in [-0.1, -0.05) is 25.1 Å². The summed E-state index contributed by atoms with van der Waals surface area (Å²) >= 11 is 0. The Morgan fingerprint density at radius 3 is 2.42 bits per heavy atom. The Morgan fingerprint density at radius 2 is 1.89 bits per heavy atom. The van der Waals surface area contributed by atoms with Gasteiger partial charge >= 0.3 is 0 Å². The summed E-state index contributed by atoms with van der Waals surface area (Å²) in [4.78, 5) is 2.62. The summed E-state index contributed by atoms with van der Waals surface area (Å²) in [7, 11) is 0. The fourth-order valence-electron chi connectivity index (χ4n) is 3.66. The number of benzene rings is 1. The Morgan fingerprint density at radius 1 is 1.26 bits per heavy atom. The minimum Gasteiger partial charge on any atom is -0.329 e. The average molecular weight is 260 g/mol. The van der Waals surface area contributed by atoms with Crippen molar-refractivity contribution in [1.29, 1.82) is 0 Å². The minimum atomic E-state index is 0.378. The second-order valence-electron chi connectivity index (χ2n) is 6.27. The molecule has 0 saturated carbocycles. The van der Waals surface area contributed by atoms with E-state index in [1.807, 2.05) is 0 Å². The van der Waals surface area contributed by atoms with Gasteiger partial charge in [0.05, 0.1) is 0 Å². The molecule has 19 heavy (non-hydrogen) atoms. The molecule has 1 aromatic carbocycles. The van der Waals surface area contributed by atoms with E-state index in [0.29, 0.717) is 18.6 Å². The first kappa shape index (κ1) is 14.5. The van der Waals surface area contributed by atoms with E-state index in [0.717, 1.165) is 5.92 Å². The predicted molar refractivity (Wildman–Crippen MR) is 82.3 cm³/mol. The highest BCUT2D eigenvalue weighted by Crippen LogP contribution is 2.33. The topological polar surface area (TPSA) is 29.3 Å². The van der Waals surface area contributed by atoms with Crippen LogP contribution in [0, 0.1) is 19.8 Å². The van der Waals surface area contributed by atoms with Crippen LogP contribution in [0.25, 0.3) is 0 Å². The second-order valence-corrected chi connectivity index (χ2v) is 6.27. The fourth-order valence-corrected chi connectivity index (χ4v) is 3.66. The molecule has 3 unspecified atom stereocenters. The van der Waals surface area contributed by atoms with Crippen molar-refractivity contribution in [3.63, 3.8) is 0 Å². The van der Waals surface area contributed by atoms with E-state index in [4.69, 9.17) is 5.73 Å². The number of aryl methyl sites for hydroxylation is 2. The normalized spacial score (nSPS) is 26.4. The van der Waals surface area contributed by atoms with Gasteiger partial charge in [0, 0.05) is 18.6 Å². The van der Waals surface area contributed by atoms with Crippen LogP contribution >= 0.6 is 0 Å². The number of nitrogens with two attached hydrogens (primary N) is 1. The van der Waals surface area contributed by atoms with E-state index in [9.17, 15) is 0 Å². The van der Waals surface area contributed by atoms with Gasteiger partial charge in [-0.15, -0.1) is 0 Å². The molecule has 3 atom stereocenters. The van der Waals surface area contributed by atoms with Crippen molar-refractivity contribution in [1.82, 2.24) is 4.90 Å². The van der Waals surface area contributed by atoms with E-state index in [1.54, 1.807) is 0 Å². The molecule has 1 aliphatic heterocycles. The lowest BCUT2D eigenvalue weighted by Crippen LogP contribution is -2.45. The number of nitrogens with zero attached hydrogens (tertiary/aromatic N) is 1. The smallest absolute Gasteiger partial charge is 0.0478 e. The fraction of sp³-hybridized carbons (Fsp3) is 0.647. The van der Waals surface area contributed by atoms with E-state index in [-0.39, 0.29) is 0 Å². The number of hydrogen-bond acceptors (Lipinski definition) is 2. The SMILES string of the molecule is Cc1cccc(C)c1C(CN)N1CCC(C)CC1C. The highest BCUT2D eigenvalue weighted by atomic mass is 15.2. The van der Waals surface area contributed by atoms with Gasteiger partial charge < -0.3 is 5.73 Å².